The summed E-state index contributed by atoms with van der Waals surface area (Å²) in [7, 11) is -1.73. The van der Waals surface area contributed by atoms with Crippen molar-refractivity contribution in [1.82, 2.24) is 9.78 Å². The zero-order chi connectivity index (χ0) is 15.7. The standard InChI is InChI=1S/C16H25N3OSi/c1-16(2,3)21(4,5)20-12-13-7-6-8-14(11-13)19-15(17)9-10-18-19/h6-11H,12,17H2,1-5H3. The van der Waals surface area contributed by atoms with E-state index in [1.165, 1.54) is 0 Å². The number of aromatic nitrogens is 2. The van der Waals surface area contributed by atoms with E-state index in [1.54, 1.807) is 16.9 Å². The second-order valence-electron chi connectivity index (χ2n) is 6.89. The average Bonchev–Trinajstić information content (AvgIpc) is 2.82. The van der Waals surface area contributed by atoms with Crippen molar-refractivity contribution in [2.24, 2.45) is 0 Å². The third-order valence-corrected chi connectivity index (χ3v) is 8.71. The summed E-state index contributed by atoms with van der Waals surface area (Å²) in [5.74, 6) is 0.637. The Hall–Kier alpha value is -1.59. The van der Waals surface area contributed by atoms with Crippen LogP contribution in [0.2, 0.25) is 18.1 Å². The molecule has 0 saturated heterocycles. The molecule has 2 N–H and O–H groups in total. The number of hydrogen-bond donors (Lipinski definition) is 1. The molecule has 0 saturated carbocycles. The van der Waals surface area contributed by atoms with Crippen LogP contribution in [0.15, 0.2) is 36.5 Å². The summed E-state index contributed by atoms with van der Waals surface area (Å²) < 4.78 is 7.99. The van der Waals surface area contributed by atoms with Gasteiger partial charge in [-0.3, -0.25) is 0 Å². The molecule has 4 nitrogen and oxygen atoms in total. The number of benzene rings is 1. The minimum atomic E-state index is -1.73. The topological polar surface area (TPSA) is 53.1 Å². The number of nitrogen functional groups attached to an aromatic ring is 1. The van der Waals surface area contributed by atoms with E-state index in [4.69, 9.17) is 10.2 Å². The normalized spacial score (nSPS) is 12.6. The fourth-order valence-corrected chi connectivity index (χ4v) is 2.75. The van der Waals surface area contributed by atoms with Crippen LogP contribution in [0.25, 0.3) is 5.69 Å². The van der Waals surface area contributed by atoms with Crippen LogP contribution < -0.4 is 5.73 Å². The molecule has 21 heavy (non-hydrogen) atoms. The van der Waals surface area contributed by atoms with Crippen LogP contribution in [0.5, 0.6) is 0 Å². The molecular formula is C16H25N3OSi. The van der Waals surface area contributed by atoms with Crippen LogP contribution in [0.3, 0.4) is 0 Å². The highest BCUT2D eigenvalue weighted by atomic mass is 28.4. The molecule has 0 aliphatic heterocycles. The van der Waals surface area contributed by atoms with Gasteiger partial charge in [0.05, 0.1) is 18.5 Å². The second-order valence-corrected chi connectivity index (χ2v) is 11.7. The lowest BCUT2D eigenvalue weighted by molar-refractivity contribution is 0.276. The predicted molar refractivity (Wildman–Crippen MR) is 90.0 cm³/mol. The van der Waals surface area contributed by atoms with Gasteiger partial charge in [0.2, 0.25) is 0 Å². The van der Waals surface area contributed by atoms with Gasteiger partial charge >= 0.3 is 0 Å². The lowest BCUT2D eigenvalue weighted by Crippen LogP contribution is -2.40. The highest BCUT2D eigenvalue weighted by Gasteiger charge is 2.36. The van der Waals surface area contributed by atoms with E-state index >= 15 is 0 Å². The van der Waals surface area contributed by atoms with Crippen LogP contribution in [0.4, 0.5) is 5.82 Å². The minimum absolute atomic E-state index is 0.219. The van der Waals surface area contributed by atoms with Crippen molar-refractivity contribution in [2.45, 2.75) is 45.5 Å². The Balaban J connectivity index is 2.15. The zero-order valence-corrected chi connectivity index (χ0v) is 14.6. The number of rotatable bonds is 4. The van der Waals surface area contributed by atoms with Crippen molar-refractivity contribution < 1.29 is 4.43 Å². The molecule has 2 rings (SSSR count). The summed E-state index contributed by atoms with van der Waals surface area (Å²) in [6.07, 6.45) is 1.70. The highest BCUT2D eigenvalue weighted by Crippen LogP contribution is 2.37. The molecule has 114 valence electrons. The van der Waals surface area contributed by atoms with Crippen LogP contribution in [0, 0.1) is 0 Å². The van der Waals surface area contributed by atoms with Crippen molar-refractivity contribution in [2.75, 3.05) is 5.73 Å². The molecule has 0 spiro atoms. The van der Waals surface area contributed by atoms with E-state index in [2.05, 4.69) is 51.1 Å². The predicted octanol–water partition coefficient (Wildman–Crippen LogP) is 3.98. The SMILES string of the molecule is CC(C)(C)[Si](C)(C)OCc1cccc(-n2nccc2N)c1. The second kappa shape index (κ2) is 5.65. The van der Waals surface area contributed by atoms with Gasteiger partial charge in [-0.05, 0) is 35.8 Å². The van der Waals surface area contributed by atoms with E-state index in [9.17, 15) is 0 Å². The maximum atomic E-state index is 6.26. The maximum Gasteiger partial charge on any atom is 0.192 e. The number of hydrogen-bond acceptors (Lipinski definition) is 3. The first kappa shape index (κ1) is 15.8. The summed E-state index contributed by atoms with van der Waals surface area (Å²) in [5, 5.41) is 4.45. The number of nitrogens with two attached hydrogens (primary N) is 1. The van der Waals surface area contributed by atoms with Crippen LogP contribution in [0.1, 0.15) is 26.3 Å². The van der Waals surface area contributed by atoms with E-state index in [0.29, 0.717) is 12.4 Å². The third kappa shape index (κ3) is 3.54. The molecule has 0 radical (unpaired) electrons. The molecule has 1 aromatic carbocycles. The number of nitrogens with zero attached hydrogens (tertiary/aromatic N) is 2. The minimum Gasteiger partial charge on any atom is -0.413 e. The molecule has 5 heteroatoms. The zero-order valence-electron chi connectivity index (χ0n) is 13.6. The van der Waals surface area contributed by atoms with Crippen molar-refractivity contribution >= 4 is 14.1 Å². The van der Waals surface area contributed by atoms with Crippen LogP contribution in [-0.2, 0) is 11.0 Å². The maximum absolute atomic E-state index is 6.26. The first-order valence-electron chi connectivity index (χ1n) is 7.23. The summed E-state index contributed by atoms with van der Waals surface area (Å²) in [6, 6.07) is 9.96. The summed E-state index contributed by atoms with van der Waals surface area (Å²) >= 11 is 0. The molecule has 0 unspecified atom stereocenters. The smallest absolute Gasteiger partial charge is 0.192 e. The van der Waals surface area contributed by atoms with Crippen molar-refractivity contribution in [1.29, 1.82) is 0 Å². The Labute approximate surface area is 128 Å². The fourth-order valence-electron chi connectivity index (χ4n) is 1.79. The molecule has 0 bridgehead atoms. The monoisotopic (exact) mass is 303 g/mol. The van der Waals surface area contributed by atoms with Crippen LogP contribution >= 0.6 is 0 Å². The summed E-state index contributed by atoms with van der Waals surface area (Å²) in [6.45, 7) is 11.9. The molecule has 1 heterocycles. The van der Waals surface area contributed by atoms with Gasteiger partial charge in [0.15, 0.2) is 8.32 Å². The quantitative estimate of drug-likeness (QED) is 0.869. The summed E-state index contributed by atoms with van der Waals surface area (Å²) in [4.78, 5) is 0. The third-order valence-electron chi connectivity index (χ3n) is 4.23. The Morgan fingerprint density at radius 2 is 1.95 bits per heavy atom. The Kier molecular flexibility index (Phi) is 4.25. The van der Waals surface area contributed by atoms with Gasteiger partial charge in [-0.25, -0.2) is 4.68 Å². The van der Waals surface area contributed by atoms with Crippen molar-refractivity contribution in [3.63, 3.8) is 0 Å². The molecule has 0 aliphatic rings. The highest BCUT2D eigenvalue weighted by molar-refractivity contribution is 6.74. The van der Waals surface area contributed by atoms with Gasteiger partial charge in [-0.1, -0.05) is 32.9 Å². The van der Waals surface area contributed by atoms with Crippen molar-refractivity contribution in [3.05, 3.63) is 42.1 Å². The molecule has 0 fully saturated rings. The van der Waals surface area contributed by atoms with Gasteiger partial charge in [0.1, 0.15) is 5.82 Å². The summed E-state index contributed by atoms with van der Waals surface area (Å²) in [5.41, 5.74) is 8.01. The van der Waals surface area contributed by atoms with Gasteiger partial charge in [0.25, 0.3) is 0 Å². The lowest BCUT2D eigenvalue weighted by Gasteiger charge is -2.36. The molecule has 1 aromatic heterocycles. The fraction of sp³-hybridized carbons (Fsp3) is 0.438. The van der Waals surface area contributed by atoms with E-state index in [1.807, 2.05) is 12.1 Å². The van der Waals surface area contributed by atoms with Crippen molar-refractivity contribution in [3.8, 4) is 5.69 Å². The van der Waals surface area contributed by atoms with Gasteiger partial charge in [-0.2, -0.15) is 5.10 Å². The average molecular weight is 303 g/mol. The first-order valence-corrected chi connectivity index (χ1v) is 10.1. The first-order chi connectivity index (χ1) is 9.71. The largest absolute Gasteiger partial charge is 0.413 e. The molecule has 0 amide bonds. The van der Waals surface area contributed by atoms with Crippen LogP contribution in [-0.4, -0.2) is 18.1 Å². The van der Waals surface area contributed by atoms with E-state index in [-0.39, 0.29) is 5.04 Å². The molecule has 0 atom stereocenters. The van der Waals surface area contributed by atoms with Gasteiger partial charge in [-0.15, -0.1) is 0 Å². The van der Waals surface area contributed by atoms with E-state index < -0.39 is 8.32 Å². The lowest BCUT2D eigenvalue weighted by atomic mass is 10.2. The van der Waals surface area contributed by atoms with E-state index in [0.717, 1.165) is 11.3 Å². The molecular weight excluding hydrogens is 278 g/mol. The Morgan fingerprint density at radius 1 is 1.24 bits per heavy atom. The number of anilines is 1. The van der Waals surface area contributed by atoms with Gasteiger partial charge < -0.3 is 10.2 Å². The molecule has 0 aliphatic carbocycles. The van der Waals surface area contributed by atoms with Gasteiger partial charge in [0, 0.05) is 6.07 Å². The Morgan fingerprint density at radius 3 is 2.52 bits per heavy atom. The molecule has 2 aromatic rings. The Bertz CT molecular complexity index is 614.